The van der Waals surface area contributed by atoms with E-state index in [1.54, 1.807) is 0 Å². The average molecular weight is 736 g/mol. The molecule has 1 aliphatic carbocycles. The van der Waals surface area contributed by atoms with Crippen LogP contribution in [-0.4, -0.2) is 46.7 Å². The Morgan fingerprint density at radius 2 is 0.902 bits per heavy atom. The average Bonchev–Trinajstić information content (AvgIpc) is 3.08. The number of hydrogen-bond donors (Lipinski definition) is 2. The normalized spacial score (nSPS) is 15.5. The Hall–Kier alpha value is -4.73. The quantitative estimate of drug-likeness (QED) is 0.186. The summed E-state index contributed by atoms with van der Waals surface area (Å²) >= 11 is 0. The Labute approximate surface area is 312 Å². The molecule has 4 aromatic rings. The van der Waals surface area contributed by atoms with Crippen LogP contribution in [0.2, 0.25) is 0 Å². The number of aromatic hydroxyl groups is 2. The summed E-state index contributed by atoms with van der Waals surface area (Å²) in [5.41, 5.74) is 7.88. The van der Waals surface area contributed by atoms with Crippen molar-refractivity contribution in [3.63, 3.8) is 0 Å². The zero-order valence-corrected chi connectivity index (χ0v) is 31.2. The van der Waals surface area contributed by atoms with Crippen LogP contribution in [0, 0.1) is 0 Å². The number of carbonyl (C=O) groups is 2. The van der Waals surface area contributed by atoms with E-state index in [0.29, 0.717) is 11.5 Å². The Balaban J connectivity index is 0.000000908. The van der Waals surface area contributed by atoms with E-state index in [2.05, 4.69) is 64.1 Å². The summed E-state index contributed by atoms with van der Waals surface area (Å²) in [6, 6.07) is 29.3. The Bertz CT molecular complexity index is 1620. The van der Waals surface area contributed by atoms with Gasteiger partial charge in [-0.05, 0) is 109 Å². The summed E-state index contributed by atoms with van der Waals surface area (Å²) in [4.78, 5) is 27.6. The van der Waals surface area contributed by atoms with Crippen LogP contribution in [0.3, 0.4) is 0 Å². The summed E-state index contributed by atoms with van der Waals surface area (Å²) in [6.45, 7) is 10.4. The monoisotopic (exact) mass is 735 g/mol. The molecule has 0 unspecified atom stereocenters. The van der Waals surface area contributed by atoms with Crippen LogP contribution in [0.1, 0.15) is 101 Å². The Kier molecular flexibility index (Phi) is 17.3. The van der Waals surface area contributed by atoms with E-state index in [4.69, 9.17) is 29.8 Å². The van der Waals surface area contributed by atoms with Crippen LogP contribution in [0.5, 0.6) is 11.5 Å². The first-order valence-corrected chi connectivity index (χ1v) is 17.0. The summed E-state index contributed by atoms with van der Waals surface area (Å²) in [5.74, 6) is -1.10. The number of hydrogen-bond acceptors (Lipinski definition) is 8. The maximum Gasteiger partial charge on any atom is 2.00 e. The second-order valence-corrected chi connectivity index (χ2v) is 13.0. The molecular weight excluding hydrogens is 687 g/mol. The predicted octanol–water partition coefficient (Wildman–Crippen LogP) is 7.04. The van der Waals surface area contributed by atoms with Gasteiger partial charge in [-0.1, -0.05) is 88.4 Å². The molecule has 0 atom stereocenters. The first-order valence-electron chi connectivity index (χ1n) is 17.0. The summed E-state index contributed by atoms with van der Waals surface area (Å²) in [7, 11) is 0. The number of aliphatic imine (C=N–C) groups is 2. The van der Waals surface area contributed by atoms with Gasteiger partial charge in [0.25, 0.3) is 0 Å². The molecule has 0 aliphatic heterocycles. The molecule has 1 fully saturated rings. The minimum Gasteiger partial charge on any atom is -0.550 e. The van der Waals surface area contributed by atoms with E-state index in [1.807, 2.05) is 61.0 Å². The van der Waals surface area contributed by atoms with Crippen LogP contribution in [0.25, 0.3) is 22.3 Å². The van der Waals surface area contributed by atoms with Crippen LogP contribution >= 0.6 is 0 Å². The van der Waals surface area contributed by atoms with Gasteiger partial charge in [0.2, 0.25) is 0 Å². The number of benzene rings is 4. The van der Waals surface area contributed by atoms with Crippen molar-refractivity contribution in [3.05, 3.63) is 107 Å². The fraction of sp³-hybridized carbons (Fsp3) is 0.333. The number of rotatable bonds is 8. The van der Waals surface area contributed by atoms with E-state index in [-0.39, 0.29) is 40.7 Å². The van der Waals surface area contributed by atoms with Gasteiger partial charge in [0, 0.05) is 35.5 Å². The maximum absolute atomic E-state index is 11.0. The molecule has 0 aromatic heterocycles. The largest absolute Gasteiger partial charge is 2.00 e. The van der Waals surface area contributed by atoms with Crippen LogP contribution in [-0.2, 0) is 26.4 Å². The molecular formula is C42H48CoN2O6. The van der Waals surface area contributed by atoms with Crippen molar-refractivity contribution in [1.29, 1.82) is 0 Å². The zero-order chi connectivity index (χ0) is 36.8. The molecule has 1 radical (unpaired) electrons. The predicted molar refractivity (Wildman–Crippen MR) is 198 cm³/mol. The maximum atomic E-state index is 11.0. The van der Waals surface area contributed by atoms with Crippen LogP contribution in [0.15, 0.2) is 94.9 Å². The third-order valence-corrected chi connectivity index (χ3v) is 8.31. The van der Waals surface area contributed by atoms with E-state index in [9.17, 15) is 10.2 Å². The van der Waals surface area contributed by atoms with E-state index in [1.165, 1.54) is 0 Å². The second-order valence-electron chi connectivity index (χ2n) is 13.0. The molecule has 5 rings (SSSR count). The van der Waals surface area contributed by atoms with E-state index in [0.717, 1.165) is 84.0 Å². The SMILES string of the molecule is CC(=O)[O-].CC(=O)[O-].CC(C)c1cc(-c2ccccc2)cc(C=NC2CCC(N=Cc3cc(-c4ccccc4)cc(C(C)C)c3O)CC2)c1O.[Co+2]. The third kappa shape index (κ3) is 13.5. The standard InChI is InChI=1S/C38H42N2O2.2C2H4O2.Co/c1-25(2)35-21-29(27-11-7-5-8-12-27)19-31(37(35)41)23-39-33-15-17-34(18-16-33)40-24-32-20-30(28-13-9-6-10-14-28)22-36(26(3)4)38(32)42;2*1-2(3)4;/h5-14,19-26,33-34,41-42H,15-18H2,1-4H3;2*1H3,(H,3,4);/q;;;+2/p-2. The number of carbonyl (C=O) groups excluding carboxylic acids is 2. The molecule has 0 bridgehead atoms. The molecule has 0 heterocycles. The fourth-order valence-electron chi connectivity index (χ4n) is 5.76. The van der Waals surface area contributed by atoms with Crippen molar-refractivity contribution in [2.45, 2.75) is 91.1 Å². The number of aliphatic carboxylic acids is 2. The van der Waals surface area contributed by atoms with Gasteiger partial charge in [-0.3, -0.25) is 9.98 Å². The van der Waals surface area contributed by atoms with Crippen molar-refractivity contribution in [2.75, 3.05) is 0 Å². The summed E-state index contributed by atoms with van der Waals surface area (Å²) in [5, 5.41) is 39.8. The van der Waals surface area contributed by atoms with E-state index < -0.39 is 11.9 Å². The molecule has 0 amide bonds. The van der Waals surface area contributed by atoms with Gasteiger partial charge in [0.05, 0.1) is 12.1 Å². The van der Waals surface area contributed by atoms with Crippen LogP contribution < -0.4 is 10.2 Å². The molecule has 4 aromatic carbocycles. The first kappa shape index (κ1) is 42.4. The van der Waals surface area contributed by atoms with Crippen molar-refractivity contribution < 1.29 is 46.8 Å². The molecule has 8 nitrogen and oxygen atoms in total. The molecule has 1 saturated carbocycles. The minimum atomic E-state index is -1.08. The van der Waals surface area contributed by atoms with Crippen LogP contribution in [0.4, 0.5) is 0 Å². The minimum absolute atomic E-state index is 0. The number of carboxylic acids is 2. The summed E-state index contributed by atoms with van der Waals surface area (Å²) < 4.78 is 0. The number of carboxylic acid groups (broad SMARTS) is 2. The van der Waals surface area contributed by atoms with Gasteiger partial charge in [0.15, 0.2) is 0 Å². The third-order valence-electron chi connectivity index (χ3n) is 8.31. The molecule has 0 spiro atoms. The Morgan fingerprint density at radius 3 is 1.18 bits per heavy atom. The molecule has 0 saturated heterocycles. The molecule has 271 valence electrons. The molecule has 1 aliphatic rings. The molecule has 2 N–H and O–H groups in total. The van der Waals surface area contributed by atoms with Gasteiger partial charge >= 0.3 is 16.8 Å². The van der Waals surface area contributed by atoms with Crippen molar-refractivity contribution in [1.82, 2.24) is 0 Å². The van der Waals surface area contributed by atoms with Crippen molar-refractivity contribution in [2.24, 2.45) is 9.98 Å². The number of nitrogens with zero attached hydrogens (tertiary/aromatic N) is 2. The smallest absolute Gasteiger partial charge is 0.550 e. The zero-order valence-electron chi connectivity index (χ0n) is 30.1. The fourth-order valence-corrected chi connectivity index (χ4v) is 5.76. The van der Waals surface area contributed by atoms with Crippen molar-refractivity contribution in [3.8, 4) is 33.8 Å². The van der Waals surface area contributed by atoms with Gasteiger partial charge < -0.3 is 30.0 Å². The van der Waals surface area contributed by atoms with Crippen molar-refractivity contribution >= 4 is 24.4 Å². The van der Waals surface area contributed by atoms with Gasteiger partial charge in [0.1, 0.15) is 11.5 Å². The first-order chi connectivity index (χ1) is 23.8. The van der Waals surface area contributed by atoms with Gasteiger partial charge in [-0.25, -0.2) is 0 Å². The van der Waals surface area contributed by atoms with Gasteiger partial charge in [-0.2, -0.15) is 0 Å². The topological polar surface area (TPSA) is 145 Å². The molecule has 51 heavy (non-hydrogen) atoms. The Morgan fingerprint density at radius 1 is 0.608 bits per heavy atom. The number of phenols is 2. The summed E-state index contributed by atoms with van der Waals surface area (Å²) in [6.07, 6.45) is 7.51. The number of phenolic OH excluding ortho intramolecular Hbond substituents is 2. The molecule has 9 heteroatoms. The van der Waals surface area contributed by atoms with Gasteiger partial charge in [-0.15, -0.1) is 0 Å². The van der Waals surface area contributed by atoms with E-state index >= 15 is 0 Å². The second kappa shape index (κ2) is 20.8.